The molecule has 1 aliphatic carbocycles. The van der Waals surface area contributed by atoms with Gasteiger partial charge in [-0.05, 0) is 18.3 Å². The molecule has 4 N–H and O–H groups in total. The third kappa shape index (κ3) is 2.59. The van der Waals surface area contributed by atoms with Gasteiger partial charge in [-0.15, -0.1) is 0 Å². The Morgan fingerprint density at radius 2 is 2.28 bits per heavy atom. The molecule has 1 fully saturated rings. The summed E-state index contributed by atoms with van der Waals surface area (Å²) in [5.41, 5.74) is 2.81. The first-order valence-corrected chi connectivity index (χ1v) is 6.12. The number of rotatable bonds is 3. The predicted octanol–water partition coefficient (Wildman–Crippen LogP) is 1.07. The quantitative estimate of drug-likeness (QED) is 0.550. The van der Waals surface area contributed by atoms with Crippen molar-refractivity contribution in [3.63, 3.8) is 0 Å². The Bertz CT molecular complexity index is 446. The minimum Gasteiger partial charge on any atom is -0.347 e. The van der Waals surface area contributed by atoms with Crippen molar-refractivity contribution in [3.8, 4) is 0 Å². The summed E-state index contributed by atoms with van der Waals surface area (Å²) in [5.74, 6) is 5.43. The number of anilines is 1. The lowest BCUT2D eigenvalue weighted by Crippen LogP contribution is -2.41. The molecule has 6 heteroatoms. The summed E-state index contributed by atoms with van der Waals surface area (Å²) in [5, 5.41) is 3.03. The molecule has 2 rings (SSSR count). The zero-order chi connectivity index (χ0) is 13.2. The second-order valence-electron chi connectivity index (χ2n) is 5.34. The van der Waals surface area contributed by atoms with Crippen molar-refractivity contribution < 1.29 is 4.79 Å². The van der Waals surface area contributed by atoms with E-state index in [4.69, 9.17) is 5.84 Å². The van der Waals surface area contributed by atoms with E-state index in [1.54, 1.807) is 0 Å². The zero-order valence-electron chi connectivity index (χ0n) is 10.7. The Morgan fingerprint density at radius 1 is 1.50 bits per heavy atom. The summed E-state index contributed by atoms with van der Waals surface area (Å²) in [6.07, 6.45) is 6.21. The number of nitrogens with one attached hydrogen (secondary N) is 2. The third-order valence-corrected chi connectivity index (χ3v) is 3.58. The molecule has 1 atom stereocenters. The lowest BCUT2D eigenvalue weighted by atomic mass is 9.87. The summed E-state index contributed by atoms with van der Waals surface area (Å²) in [6.45, 7) is 4.35. The number of amides is 1. The molecule has 1 amide bonds. The summed E-state index contributed by atoms with van der Waals surface area (Å²) in [6, 6.07) is 0.196. The Kier molecular flexibility index (Phi) is 3.47. The Balaban J connectivity index is 2.07. The van der Waals surface area contributed by atoms with Gasteiger partial charge in [0, 0.05) is 6.04 Å². The summed E-state index contributed by atoms with van der Waals surface area (Å²) >= 11 is 0. The van der Waals surface area contributed by atoms with Crippen molar-refractivity contribution in [1.82, 2.24) is 15.3 Å². The number of nitrogens with zero attached hydrogens (tertiary/aromatic N) is 2. The first-order valence-electron chi connectivity index (χ1n) is 6.12. The summed E-state index contributed by atoms with van der Waals surface area (Å²) < 4.78 is 0. The normalized spacial score (nSPS) is 21.6. The summed E-state index contributed by atoms with van der Waals surface area (Å²) in [7, 11) is 0. The molecule has 18 heavy (non-hydrogen) atoms. The molecule has 1 aliphatic rings. The van der Waals surface area contributed by atoms with E-state index in [0.717, 1.165) is 19.3 Å². The molecule has 1 aromatic rings. The predicted molar refractivity (Wildman–Crippen MR) is 68.7 cm³/mol. The van der Waals surface area contributed by atoms with Crippen molar-refractivity contribution in [2.75, 3.05) is 5.43 Å². The van der Waals surface area contributed by atoms with Gasteiger partial charge in [0.15, 0.2) is 5.82 Å². The molecular formula is C12H19N5O. The van der Waals surface area contributed by atoms with Crippen LogP contribution >= 0.6 is 0 Å². The van der Waals surface area contributed by atoms with Crippen LogP contribution < -0.4 is 16.6 Å². The Labute approximate surface area is 106 Å². The average molecular weight is 249 g/mol. The molecule has 1 saturated carbocycles. The van der Waals surface area contributed by atoms with Gasteiger partial charge in [0.25, 0.3) is 5.91 Å². The number of carbonyl (C=O) groups excluding carboxylic acids is 1. The molecule has 6 nitrogen and oxygen atoms in total. The average Bonchev–Trinajstić information content (AvgIpc) is 2.69. The van der Waals surface area contributed by atoms with Crippen molar-refractivity contribution in [1.29, 1.82) is 0 Å². The molecule has 0 spiro atoms. The van der Waals surface area contributed by atoms with Crippen LogP contribution in [0, 0.1) is 5.41 Å². The summed E-state index contributed by atoms with van der Waals surface area (Å²) in [4.78, 5) is 20.1. The topological polar surface area (TPSA) is 92.9 Å². The van der Waals surface area contributed by atoms with Gasteiger partial charge in [-0.2, -0.15) is 0 Å². The molecule has 0 bridgehead atoms. The van der Waals surface area contributed by atoms with Crippen molar-refractivity contribution in [2.24, 2.45) is 11.3 Å². The van der Waals surface area contributed by atoms with E-state index < -0.39 is 0 Å². The lowest BCUT2D eigenvalue weighted by molar-refractivity contribution is 0.0904. The molecule has 1 unspecified atom stereocenters. The van der Waals surface area contributed by atoms with Gasteiger partial charge in [0.1, 0.15) is 5.69 Å². The van der Waals surface area contributed by atoms with Crippen LogP contribution in [0.25, 0.3) is 0 Å². The highest BCUT2D eigenvalue weighted by molar-refractivity contribution is 5.92. The fraction of sp³-hybridized carbons (Fsp3) is 0.583. The van der Waals surface area contributed by atoms with E-state index in [2.05, 4.69) is 34.6 Å². The fourth-order valence-corrected chi connectivity index (χ4v) is 2.37. The van der Waals surface area contributed by atoms with Crippen LogP contribution in [0.3, 0.4) is 0 Å². The lowest BCUT2D eigenvalue weighted by Gasteiger charge is -2.27. The number of hydrogen-bond donors (Lipinski definition) is 3. The first-order chi connectivity index (χ1) is 8.53. The maximum Gasteiger partial charge on any atom is 0.271 e. The number of hydrogen-bond acceptors (Lipinski definition) is 5. The number of hydrazine groups is 1. The minimum absolute atomic E-state index is 0.146. The number of nitrogens with two attached hydrogens (primary N) is 1. The minimum atomic E-state index is -0.195. The van der Waals surface area contributed by atoms with Crippen molar-refractivity contribution in [2.45, 2.75) is 39.2 Å². The van der Waals surface area contributed by atoms with Crippen LogP contribution in [0.2, 0.25) is 0 Å². The fourth-order valence-electron chi connectivity index (χ4n) is 2.37. The van der Waals surface area contributed by atoms with Gasteiger partial charge in [0.2, 0.25) is 0 Å². The molecule has 0 aliphatic heterocycles. The second-order valence-corrected chi connectivity index (χ2v) is 5.34. The molecule has 0 saturated heterocycles. The molecule has 0 aromatic carbocycles. The van der Waals surface area contributed by atoms with E-state index >= 15 is 0 Å². The van der Waals surface area contributed by atoms with Crippen molar-refractivity contribution in [3.05, 3.63) is 18.1 Å². The van der Waals surface area contributed by atoms with E-state index in [1.165, 1.54) is 12.4 Å². The molecule has 98 valence electrons. The van der Waals surface area contributed by atoms with Crippen LogP contribution in [0.4, 0.5) is 5.82 Å². The van der Waals surface area contributed by atoms with Gasteiger partial charge in [-0.3, -0.25) is 9.78 Å². The zero-order valence-corrected chi connectivity index (χ0v) is 10.7. The van der Waals surface area contributed by atoms with Crippen molar-refractivity contribution >= 4 is 11.7 Å². The number of carbonyl (C=O) groups is 1. The largest absolute Gasteiger partial charge is 0.347 e. The van der Waals surface area contributed by atoms with E-state index in [-0.39, 0.29) is 23.1 Å². The number of aromatic nitrogens is 2. The molecule has 1 aromatic heterocycles. The SMILES string of the molecule is CC1(C)CCCC1NC(=O)c1cncc(NN)n1. The van der Waals surface area contributed by atoms with E-state index in [1.807, 2.05) is 0 Å². The van der Waals surface area contributed by atoms with Gasteiger partial charge in [-0.1, -0.05) is 20.3 Å². The third-order valence-electron chi connectivity index (χ3n) is 3.58. The first kappa shape index (κ1) is 12.8. The maximum atomic E-state index is 12.1. The highest BCUT2D eigenvalue weighted by atomic mass is 16.2. The Morgan fingerprint density at radius 3 is 2.89 bits per heavy atom. The molecule has 0 radical (unpaired) electrons. The van der Waals surface area contributed by atoms with Crippen LogP contribution in [-0.2, 0) is 0 Å². The van der Waals surface area contributed by atoms with E-state index in [9.17, 15) is 4.79 Å². The van der Waals surface area contributed by atoms with Gasteiger partial charge in [-0.25, -0.2) is 10.8 Å². The smallest absolute Gasteiger partial charge is 0.271 e. The molecular weight excluding hydrogens is 230 g/mol. The highest BCUT2D eigenvalue weighted by Gasteiger charge is 2.35. The van der Waals surface area contributed by atoms with Gasteiger partial charge < -0.3 is 10.7 Å². The Hall–Kier alpha value is -1.69. The standard InChI is InChI=1S/C12H19N5O/c1-12(2)5-3-4-9(12)16-11(18)8-6-14-7-10(15-8)17-13/h6-7,9H,3-5,13H2,1-2H3,(H,15,17)(H,16,18). The number of nitrogen functional groups attached to an aromatic ring is 1. The monoisotopic (exact) mass is 249 g/mol. The van der Waals surface area contributed by atoms with Crippen LogP contribution in [-0.4, -0.2) is 21.9 Å². The highest BCUT2D eigenvalue weighted by Crippen LogP contribution is 2.37. The van der Waals surface area contributed by atoms with Crippen LogP contribution in [0.15, 0.2) is 12.4 Å². The van der Waals surface area contributed by atoms with E-state index in [0.29, 0.717) is 5.82 Å². The van der Waals surface area contributed by atoms with Crippen LogP contribution in [0.1, 0.15) is 43.6 Å². The maximum absolute atomic E-state index is 12.1. The van der Waals surface area contributed by atoms with Crippen LogP contribution in [0.5, 0.6) is 0 Å². The molecule has 1 heterocycles. The van der Waals surface area contributed by atoms with Gasteiger partial charge in [0.05, 0.1) is 12.4 Å². The van der Waals surface area contributed by atoms with Gasteiger partial charge >= 0.3 is 0 Å². The second kappa shape index (κ2) is 4.89.